The number of carbonyl (C=O) groups excluding carboxylic acids is 1. The highest BCUT2D eigenvalue weighted by Gasteiger charge is 2.25. The predicted octanol–water partition coefficient (Wildman–Crippen LogP) is 2.36. The van der Waals surface area contributed by atoms with Crippen LogP contribution in [-0.4, -0.2) is 23.0 Å². The Balaban J connectivity index is 2.90. The monoisotopic (exact) mass is 267 g/mol. The Labute approximate surface area is 111 Å². The number of carboxylic acid groups (broad SMARTS) is 1. The summed E-state index contributed by atoms with van der Waals surface area (Å²) in [5, 5.41) is 11.5. The van der Waals surface area contributed by atoms with Crippen molar-refractivity contribution < 1.29 is 19.1 Å². The normalized spacial score (nSPS) is 13.7. The number of aliphatic carboxylic acids is 1. The number of nitrogens with one attached hydrogen (secondary N) is 1. The number of carboxylic acids is 1. The summed E-state index contributed by atoms with van der Waals surface area (Å²) in [5.41, 5.74) is 0.743. The minimum atomic E-state index is -1.09. The Bertz CT molecular complexity index is 467. The summed E-state index contributed by atoms with van der Waals surface area (Å²) in [6, 6.07) is 2.95. The van der Waals surface area contributed by atoms with Crippen molar-refractivity contribution in [3.63, 3.8) is 0 Å². The van der Waals surface area contributed by atoms with Crippen molar-refractivity contribution in [1.29, 1.82) is 0 Å². The molecule has 1 aromatic rings. The molecule has 0 unspecified atom stereocenters. The van der Waals surface area contributed by atoms with E-state index in [0.717, 1.165) is 6.07 Å². The molecule has 2 N–H and O–H groups in total. The third-order valence-corrected chi connectivity index (χ3v) is 3.07. The van der Waals surface area contributed by atoms with Crippen LogP contribution in [0, 0.1) is 18.7 Å². The van der Waals surface area contributed by atoms with Crippen molar-refractivity contribution in [1.82, 2.24) is 5.32 Å². The van der Waals surface area contributed by atoms with Gasteiger partial charge in [-0.3, -0.25) is 4.79 Å². The molecule has 0 aliphatic heterocycles. The lowest BCUT2D eigenvalue weighted by Gasteiger charge is -2.20. The SMILES string of the molecule is CC[C@H](C)[C@H](NC(=O)c1cc(C)cc(F)c1)C(=O)O. The first-order valence-electron chi connectivity index (χ1n) is 6.16. The van der Waals surface area contributed by atoms with Gasteiger partial charge in [-0.1, -0.05) is 20.3 Å². The highest BCUT2D eigenvalue weighted by Crippen LogP contribution is 2.12. The molecule has 4 nitrogen and oxygen atoms in total. The molecule has 0 aliphatic carbocycles. The maximum absolute atomic E-state index is 13.2. The second kappa shape index (κ2) is 6.31. The van der Waals surface area contributed by atoms with Gasteiger partial charge in [-0.05, 0) is 36.6 Å². The molecule has 0 spiro atoms. The summed E-state index contributed by atoms with van der Waals surface area (Å²) in [6.45, 7) is 5.26. The molecule has 5 heteroatoms. The Morgan fingerprint density at radius 2 is 2.00 bits per heavy atom. The number of hydrogen-bond donors (Lipinski definition) is 2. The van der Waals surface area contributed by atoms with Crippen molar-refractivity contribution in [2.75, 3.05) is 0 Å². The van der Waals surface area contributed by atoms with Gasteiger partial charge in [-0.25, -0.2) is 9.18 Å². The van der Waals surface area contributed by atoms with E-state index in [1.807, 2.05) is 6.92 Å². The fourth-order valence-electron chi connectivity index (χ4n) is 1.78. The molecule has 0 fully saturated rings. The third-order valence-electron chi connectivity index (χ3n) is 3.07. The molecule has 0 bridgehead atoms. The van der Waals surface area contributed by atoms with Gasteiger partial charge in [0.2, 0.25) is 0 Å². The summed E-state index contributed by atoms with van der Waals surface area (Å²) < 4.78 is 13.2. The summed E-state index contributed by atoms with van der Waals surface area (Å²) in [5.74, 6) is -2.37. The van der Waals surface area contributed by atoms with Crippen molar-refractivity contribution in [3.05, 3.63) is 35.1 Å². The number of carbonyl (C=O) groups is 2. The first kappa shape index (κ1) is 15.1. The molecule has 0 saturated heterocycles. The summed E-state index contributed by atoms with van der Waals surface area (Å²) in [7, 11) is 0. The van der Waals surface area contributed by atoms with Crippen LogP contribution in [0.5, 0.6) is 0 Å². The standard InChI is InChI=1S/C14H18FNO3/c1-4-9(3)12(14(18)19)16-13(17)10-5-8(2)6-11(15)7-10/h5-7,9,12H,4H2,1-3H3,(H,16,17)(H,18,19)/t9-,12-/m0/s1. The van der Waals surface area contributed by atoms with Gasteiger partial charge in [-0.2, -0.15) is 0 Å². The van der Waals surface area contributed by atoms with Gasteiger partial charge in [0.15, 0.2) is 0 Å². The molecule has 0 radical (unpaired) electrons. The molecule has 1 amide bonds. The van der Waals surface area contributed by atoms with Crippen molar-refractivity contribution in [2.45, 2.75) is 33.2 Å². The zero-order chi connectivity index (χ0) is 14.6. The van der Waals surface area contributed by atoms with Crippen LogP contribution in [0.1, 0.15) is 36.2 Å². The Morgan fingerprint density at radius 1 is 1.37 bits per heavy atom. The molecule has 1 rings (SSSR count). The summed E-state index contributed by atoms with van der Waals surface area (Å²) in [6.07, 6.45) is 0.624. The zero-order valence-electron chi connectivity index (χ0n) is 11.2. The lowest BCUT2D eigenvalue weighted by atomic mass is 9.99. The number of halogens is 1. The number of rotatable bonds is 5. The van der Waals surface area contributed by atoms with E-state index >= 15 is 0 Å². The Kier molecular flexibility index (Phi) is 5.03. The van der Waals surface area contributed by atoms with E-state index in [1.54, 1.807) is 13.8 Å². The average molecular weight is 267 g/mol. The van der Waals surface area contributed by atoms with Gasteiger partial charge >= 0.3 is 5.97 Å². The van der Waals surface area contributed by atoms with E-state index in [0.29, 0.717) is 12.0 Å². The number of hydrogen-bond acceptors (Lipinski definition) is 2. The number of aryl methyl sites for hydroxylation is 1. The van der Waals surface area contributed by atoms with E-state index in [4.69, 9.17) is 5.11 Å². The Hall–Kier alpha value is -1.91. The molecular weight excluding hydrogens is 249 g/mol. The highest BCUT2D eigenvalue weighted by molar-refractivity contribution is 5.96. The fraction of sp³-hybridized carbons (Fsp3) is 0.429. The fourth-order valence-corrected chi connectivity index (χ4v) is 1.78. The molecule has 0 saturated carbocycles. The number of benzene rings is 1. The van der Waals surface area contributed by atoms with Crippen LogP contribution in [0.15, 0.2) is 18.2 Å². The topological polar surface area (TPSA) is 66.4 Å². The van der Waals surface area contributed by atoms with E-state index in [1.165, 1.54) is 12.1 Å². The zero-order valence-corrected chi connectivity index (χ0v) is 11.2. The van der Waals surface area contributed by atoms with Crippen molar-refractivity contribution in [2.24, 2.45) is 5.92 Å². The average Bonchev–Trinajstić information content (AvgIpc) is 2.33. The molecule has 1 aromatic carbocycles. The third kappa shape index (κ3) is 4.05. The van der Waals surface area contributed by atoms with Gasteiger partial charge in [0.1, 0.15) is 11.9 Å². The minimum absolute atomic E-state index is 0.132. The predicted molar refractivity (Wildman–Crippen MR) is 69.5 cm³/mol. The van der Waals surface area contributed by atoms with Crippen LogP contribution in [-0.2, 0) is 4.79 Å². The maximum atomic E-state index is 13.2. The van der Waals surface area contributed by atoms with Crippen LogP contribution < -0.4 is 5.32 Å². The molecule has 104 valence electrons. The largest absolute Gasteiger partial charge is 0.480 e. The smallest absolute Gasteiger partial charge is 0.326 e. The van der Waals surface area contributed by atoms with Crippen LogP contribution >= 0.6 is 0 Å². The maximum Gasteiger partial charge on any atom is 0.326 e. The van der Waals surface area contributed by atoms with Gasteiger partial charge in [0.25, 0.3) is 5.91 Å². The molecule has 0 heterocycles. The first-order valence-corrected chi connectivity index (χ1v) is 6.16. The van der Waals surface area contributed by atoms with Crippen LogP contribution in [0.4, 0.5) is 4.39 Å². The summed E-state index contributed by atoms with van der Waals surface area (Å²) >= 11 is 0. The van der Waals surface area contributed by atoms with Crippen molar-refractivity contribution >= 4 is 11.9 Å². The van der Waals surface area contributed by atoms with E-state index < -0.39 is 23.7 Å². The molecular formula is C14H18FNO3. The summed E-state index contributed by atoms with van der Waals surface area (Å²) in [4.78, 5) is 23.1. The van der Waals surface area contributed by atoms with Gasteiger partial charge in [0, 0.05) is 5.56 Å². The second-order valence-corrected chi connectivity index (χ2v) is 4.69. The molecule has 0 aliphatic rings. The first-order chi connectivity index (χ1) is 8.85. The molecule has 2 atom stereocenters. The van der Waals surface area contributed by atoms with E-state index in [2.05, 4.69) is 5.32 Å². The van der Waals surface area contributed by atoms with E-state index in [-0.39, 0.29) is 11.5 Å². The highest BCUT2D eigenvalue weighted by atomic mass is 19.1. The van der Waals surface area contributed by atoms with Crippen LogP contribution in [0.25, 0.3) is 0 Å². The van der Waals surface area contributed by atoms with E-state index in [9.17, 15) is 14.0 Å². The molecule has 19 heavy (non-hydrogen) atoms. The van der Waals surface area contributed by atoms with Crippen LogP contribution in [0.2, 0.25) is 0 Å². The van der Waals surface area contributed by atoms with Crippen LogP contribution in [0.3, 0.4) is 0 Å². The van der Waals surface area contributed by atoms with Gasteiger partial charge < -0.3 is 10.4 Å². The second-order valence-electron chi connectivity index (χ2n) is 4.69. The lowest BCUT2D eigenvalue weighted by molar-refractivity contribution is -0.140. The lowest BCUT2D eigenvalue weighted by Crippen LogP contribution is -2.45. The van der Waals surface area contributed by atoms with Gasteiger partial charge in [0.05, 0.1) is 0 Å². The van der Waals surface area contributed by atoms with Gasteiger partial charge in [-0.15, -0.1) is 0 Å². The Morgan fingerprint density at radius 3 is 2.47 bits per heavy atom. The molecule has 0 aromatic heterocycles. The number of amides is 1. The van der Waals surface area contributed by atoms with Crippen molar-refractivity contribution in [3.8, 4) is 0 Å². The minimum Gasteiger partial charge on any atom is -0.480 e. The quantitative estimate of drug-likeness (QED) is 0.860.